The average Bonchev–Trinajstić information content (AvgIpc) is 1.99. The van der Waals surface area contributed by atoms with Crippen LogP contribution in [0.1, 0.15) is 46.0 Å². The van der Waals surface area contributed by atoms with E-state index in [1.165, 1.54) is 38.6 Å². The van der Waals surface area contributed by atoms with Gasteiger partial charge in [0.2, 0.25) is 0 Å². The van der Waals surface area contributed by atoms with Gasteiger partial charge in [-0.2, -0.15) is 0 Å². The van der Waals surface area contributed by atoms with Crippen LogP contribution in [0.25, 0.3) is 0 Å². The van der Waals surface area contributed by atoms with Crippen molar-refractivity contribution in [2.24, 2.45) is 11.3 Å². The maximum Gasteiger partial charge on any atom is -0.00493 e. The molecule has 1 aliphatic rings. The second-order valence-corrected chi connectivity index (χ2v) is 5.02. The van der Waals surface area contributed by atoms with E-state index in [0.29, 0.717) is 5.41 Å². The fraction of sp³-hybridized carbons (Fsp3) is 1.00. The predicted molar refractivity (Wildman–Crippen MR) is 61.5 cm³/mol. The molecular weight excluding hydrogens is 182 g/mol. The van der Waals surface area contributed by atoms with E-state index in [2.05, 4.69) is 19.2 Å². The molecule has 13 heavy (non-hydrogen) atoms. The summed E-state index contributed by atoms with van der Waals surface area (Å²) in [5.41, 5.74) is 0.622. The molecule has 0 heterocycles. The molecular formula is C11H24ClN. The second-order valence-electron chi connectivity index (χ2n) is 5.02. The molecule has 0 bridgehead atoms. The lowest BCUT2D eigenvalue weighted by Gasteiger charge is -2.35. The summed E-state index contributed by atoms with van der Waals surface area (Å²) in [6.07, 6.45) is 7.16. The van der Waals surface area contributed by atoms with Crippen LogP contribution in [0.4, 0.5) is 0 Å². The van der Waals surface area contributed by atoms with Gasteiger partial charge in [0.25, 0.3) is 0 Å². The van der Waals surface area contributed by atoms with Crippen LogP contribution in [0.15, 0.2) is 0 Å². The first-order valence-corrected chi connectivity index (χ1v) is 5.29. The molecule has 0 aromatic rings. The van der Waals surface area contributed by atoms with Crippen molar-refractivity contribution in [1.29, 1.82) is 0 Å². The first kappa shape index (κ1) is 13.2. The van der Waals surface area contributed by atoms with Gasteiger partial charge < -0.3 is 5.32 Å². The Morgan fingerprint density at radius 3 is 2.62 bits per heavy atom. The fourth-order valence-electron chi connectivity index (χ4n) is 2.45. The Kier molecular flexibility index (Phi) is 5.98. The normalized spacial score (nSPS) is 26.5. The van der Waals surface area contributed by atoms with Gasteiger partial charge in [-0.25, -0.2) is 0 Å². The molecule has 0 saturated heterocycles. The van der Waals surface area contributed by atoms with Crippen molar-refractivity contribution in [3.05, 3.63) is 0 Å². The van der Waals surface area contributed by atoms with Crippen LogP contribution in [-0.2, 0) is 0 Å². The summed E-state index contributed by atoms with van der Waals surface area (Å²) in [5.74, 6) is 0.987. The van der Waals surface area contributed by atoms with Crippen molar-refractivity contribution in [3.8, 4) is 0 Å². The number of nitrogens with one attached hydrogen (secondary N) is 1. The van der Waals surface area contributed by atoms with Gasteiger partial charge >= 0.3 is 0 Å². The summed E-state index contributed by atoms with van der Waals surface area (Å²) in [6.45, 7) is 6.03. The Hall–Kier alpha value is 0.250. The molecule has 0 aromatic heterocycles. The quantitative estimate of drug-likeness (QED) is 0.746. The molecule has 1 fully saturated rings. The van der Waals surface area contributed by atoms with Gasteiger partial charge in [0.05, 0.1) is 0 Å². The Morgan fingerprint density at radius 2 is 2.08 bits per heavy atom. The predicted octanol–water partition coefficient (Wildman–Crippen LogP) is 3.23. The molecule has 1 nitrogen and oxygen atoms in total. The van der Waals surface area contributed by atoms with E-state index in [1.54, 1.807) is 0 Å². The summed E-state index contributed by atoms with van der Waals surface area (Å²) < 4.78 is 0. The van der Waals surface area contributed by atoms with Crippen LogP contribution in [0.2, 0.25) is 0 Å². The van der Waals surface area contributed by atoms with Crippen molar-refractivity contribution in [2.75, 3.05) is 13.6 Å². The largest absolute Gasteiger partial charge is 0.320 e. The minimum absolute atomic E-state index is 0. The Labute approximate surface area is 89.1 Å². The molecule has 0 amide bonds. The van der Waals surface area contributed by atoms with Crippen molar-refractivity contribution >= 4 is 12.4 Å². The lowest BCUT2D eigenvalue weighted by atomic mass is 9.71. The van der Waals surface area contributed by atoms with Crippen molar-refractivity contribution < 1.29 is 0 Å². The van der Waals surface area contributed by atoms with Crippen LogP contribution in [-0.4, -0.2) is 13.6 Å². The molecule has 0 radical (unpaired) electrons. The highest BCUT2D eigenvalue weighted by Gasteiger charge is 2.27. The summed E-state index contributed by atoms with van der Waals surface area (Å²) in [5, 5.41) is 3.24. The highest BCUT2D eigenvalue weighted by molar-refractivity contribution is 5.85. The highest BCUT2D eigenvalue weighted by atomic mass is 35.5. The number of rotatable bonds is 3. The maximum absolute atomic E-state index is 3.24. The molecule has 80 valence electrons. The van der Waals surface area contributed by atoms with E-state index in [0.717, 1.165) is 5.92 Å². The SMILES string of the molecule is CNCCC1CCCC(C)(C)C1.Cl. The van der Waals surface area contributed by atoms with Gasteiger partial charge in [0.1, 0.15) is 0 Å². The smallest absolute Gasteiger partial charge is 0.00493 e. The molecule has 1 rings (SSSR count). The van der Waals surface area contributed by atoms with E-state index < -0.39 is 0 Å². The number of hydrogen-bond acceptors (Lipinski definition) is 1. The van der Waals surface area contributed by atoms with Gasteiger partial charge in [-0.05, 0) is 44.2 Å². The molecule has 0 spiro atoms. The molecule has 0 aromatic carbocycles. The monoisotopic (exact) mass is 205 g/mol. The first-order valence-electron chi connectivity index (χ1n) is 5.29. The first-order chi connectivity index (χ1) is 5.64. The summed E-state index contributed by atoms with van der Waals surface area (Å²) >= 11 is 0. The molecule has 0 aliphatic heterocycles. The maximum atomic E-state index is 3.24. The lowest BCUT2D eigenvalue weighted by molar-refractivity contribution is 0.173. The Morgan fingerprint density at radius 1 is 1.38 bits per heavy atom. The van der Waals surface area contributed by atoms with E-state index in [9.17, 15) is 0 Å². The van der Waals surface area contributed by atoms with E-state index in [1.807, 2.05) is 7.05 Å². The van der Waals surface area contributed by atoms with Crippen LogP contribution in [0.5, 0.6) is 0 Å². The summed E-state index contributed by atoms with van der Waals surface area (Å²) in [7, 11) is 2.05. The lowest BCUT2D eigenvalue weighted by Crippen LogP contribution is -2.24. The standard InChI is InChI=1S/C11H23N.ClH/c1-11(2)7-4-5-10(9-11)6-8-12-3;/h10,12H,4-9H2,1-3H3;1H. The third-order valence-corrected chi connectivity index (χ3v) is 3.11. The molecule has 2 heteroatoms. The molecule has 1 N–H and O–H groups in total. The number of halogens is 1. The van der Waals surface area contributed by atoms with Gasteiger partial charge in [0.15, 0.2) is 0 Å². The van der Waals surface area contributed by atoms with Crippen LogP contribution in [0.3, 0.4) is 0 Å². The zero-order valence-electron chi connectivity index (χ0n) is 9.23. The van der Waals surface area contributed by atoms with E-state index in [-0.39, 0.29) is 12.4 Å². The molecule has 1 unspecified atom stereocenters. The van der Waals surface area contributed by atoms with Gasteiger partial charge in [-0.3, -0.25) is 0 Å². The molecule has 1 atom stereocenters. The van der Waals surface area contributed by atoms with Crippen molar-refractivity contribution in [3.63, 3.8) is 0 Å². The van der Waals surface area contributed by atoms with Gasteiger partial charge in [-0.1, -0.05) is 26.7 Å². The highest BCUT2D eigenvalue weighted by Crippen LogP contribution is 2.39. The Balaban J connectivity index is 0.00000144. The second kappa shape index (κ2) is 5.87. The summed E-state index contributed by atoms with van der Waals surface area (Å²) in [4.78, 5) is 0. The van der Waals surface area contributed by atoms with Crippen molar-refractivity contribution in [2.45, 2.75) is 46.0 Å². The minimum Gasteiger partial charge on any atom is -0.320 e. The van der Waals surface area contributed by atoms with Gasteiger partial charge in [0, 0.05) is 0 Å². The fourth-order valence-corrected chi connectivity index (χ4v) is 2.45. The number of hydrogen-bond donors (Lipinski definition) is 1. The summed E-state index contributed by atoms with van der Waals surface area (Å²) in [6, 6.07) is 0. The average molecular weight is 206 g/mol. The van der Waals surface area contributed by atoms with Gasteiger partial charge in [-0.15, -0.1) is 12.4 Å². The van der Waals surface area contributed by atoms with E-state index >= 15 is 0 Å². The minimum atomic E-state index is 0. The topological polar surface area (TPSA) is 12.0 Å². The molecule has 1 saturated carbocycles. The molecule has 1 aliphatic carbocycles. The van der Waals surface area contributed by atoms with Crippen LogP contribution in [0, 0.1) is 11.3 Å². The van der Waals surface area contributed by atoms with Crippen LogP contribution < -0.4 is 5.32 Å². The Bertz CT molecular complexity index is 134. The zero-order valence-corrected chi connectivity index (χ0v) is 10.0. The third kappa shape index (κ3) is 4.87. The third-order valence-electron chi connectivity index (χ3n) is 3.11. The van der Waals surface area contributed by atoms with E-state index in [4.69, 9.17) is 0 Å². The van der Waals surface area contributed by atoms with Crippen LogP contribution >= 0.6 is 12.4 Å². The van der Waals surface area contributed by atoms with Crippen molar-refractivity contribution in [1.82, 2.24) is 5.32 Å². The zero-order chi connectivity index (χ0) is 9.03.